The molecule has 6 nitrogen and oxygen atoms in total. The van der Waals surface area contributed by atoms with Gasteiger partial charge in [0.15, 0.2) is 5.69 Å². The number of hydrogen-bond acceptors (Lipinski definition) is 5. The molecule has 8 atom stereocenters. The predicted octanol–water partition coefficient (Wildman–Crippen LogP) is 4.56. The Morgan fingerprint density at radius 1 is 1.24 bits per heavy atom. The molecule has 0 spiro atoms. The zero-order chi connectivity index (χ0) is 23.7. The Balaban J connectivity index is 1.44. The maximum atomic E-state index is 12.7. The minimum absolute atomic E-state index is 0.116. The van der Waals surface area contributed by atoms with Crippen LogP contribution in [0.4, 0.5) is 11.4 Å². The first kappa shape index (κ1) is 22.7. The van der Waals surface area contributed by atoms with Crippen molar-refractivity contribution in [2.75, 3.05) is 11.4 Å². The maximum Gasteiger partial charge on any atom is 0.326 e. The molecule has 0 aromatic heterocycles. The minimum Gasteiger partial charge on any atom is -0.595 e. The summed E-state index contributed by atoms with van der Waals surface area (Å²) in [6, 6.07) is 10.2. The molecule has 0 radical (unpaired) electrons. The highest BCUT2D eigenvalue weighted by Gasteiger charge is 2.56. The highest BCUT2D eigenvalue weighted by molar-refractivity contribution is 8.00. The first-order valence-electron chi connectivity index (χ1n) is 11.5. The number of para-hydroxylation sites is 1. The number of carboxylic acid groups (broad SMARTS) is 1. The number of carboxylic acids is 1. The van der Waals surface area contributed by atoms with Gasteiger partial charge in [-0.2, -0.15) is 5.23 Å². The summed E-state index contributed by atoms with van der Waals surface area (Å²) in [6.07, 6.45) is 5.95. The van der Waals surface area contributed by atoms with Crippen molar-refractivity contribution >= 4 is 52.3 Å². The van der Waals surface area contributed by atoms with Gasteiger partial charge in [-0.1, -0.05) is 35.9 Å². The van der Waals surface area contributed by atoms with Crippen LogP contribution in [0.15, 0.2) is 53.4 Å². The van der Waals surface area contributed by atoms with E-state index in [0.29, 0.717) is 28.8 Å². The summed E-state index contributed by atoms with van der Waals surface area (Å²) >= 11 is 15.2. The van der Waals surface area contributed by atoms with Gasteiger partial charge >= 0.3 is 5.97 Å². The van der Waals surface area contributed by atoms with Crippen molar-refractivity contribution in [2.45, 2.75) is 46.2 Å². The molecule has 2 aliphatic heterocycles. The summed E-state index contributed by atoms with van der Waals surface area (Å²) in [6.45, 7) is 0.700. The molecule has 4 aliphatic rings. The lowest BCUT2D eigenvalue weighted by Crippen LogP contribution is -2.99. The number of rotatable bonds is 4. The fraction of sp³-hybridized carbons (Fsp3) is 0.400. The van der Waals surface area contributed by atoms with Crippen LogP contribution in [-0.2, 0) is 4.79 Å². The first-order valence-corrected chi connectivity index (χ1v) is 13.2. The third-order valence-electron chi connectivity index (χ3n) is 7.91. The molecule has 1 saturated carbocycles. The minimum atomic E-state index is -0.980. The lowest BCUT2D eigenvalue weighted by atomic mass is 9.72. The maximum absolute atomic E-state index is 12.7. The van der Waals surface area contributed by atoms with E-state index in [4.69, 9.17) is 23.2 Å². The van der Waals surface area contributed by atoms with Crippen molar-refractivity contribution in [3.05, 3.63) is 69.9 Å². The van der Waals surface area contributed by atoms with E-state index >= 15 is 0 Å². The normalized spacial score (nSPS) is 33.9. The van der Waals surface area contributed by atoms with Crippen LogP contribution in [0.2, 0.25) is 5.02 Å². The van der Waals surface area contributed by atoms with Gasteiger partial charge in [-0.25, -0.2) is 10.0 Å². The SMILES string of the molecule is O=C(O)C1C2CC(Sc3ccccc3[NH+]([O-])O)C(Cl)C2c2cc(Cl)cc3c2N1CC1CC=CC31. The van der Waals surface area contributed by atoms with Gasteiger partial charge in [0.1, 0.15) is 6.04 Å². The van der Waals surface area contributed by atoms with E-state index in [0.717, 1.165) is 23.2 Å². The molecule has 8 unspecified atom stereocenters. The van der Waals surface area contributed by atoms with Gasteiger partial charge in [0.05, 0.1) is 10.3 Å². The van der Waals surface area contributed by atoms with Gasteiger partial charge in [-0.3, -0.25) is 0 Å². The number of hydrogen-bond donors (Lipinski definition) is 3. The number of halogens is 2. The van der Waals surface area contributed by atoms with E-state index in [1.165, 1.54) is 11.8 Å². The number of benzene rings is 2. The Morgan fingerprint density at radius 3 is 2.76 bits per heavy atom. The van der Waals surface area contributed by atoms with Crippen LogP contribution >= 0.6 is 35.0 Å². The standard InChI is InChI=1S/C25H24Cl2N2O4S/c26-13-8-15-14-5-3-4-12(14)11-28-23(15)16(9-13)21-17(24(28)25(30)31)10-20(22(21)27)34-19-7-2-1-6-18(19)29(32)33/h1-3,5-9,12,14,17,20-22,24,29,32H,4,10-11H2,(H,30,31). The van der Waals surface area contributed by atoms with Crippen LogP contribution in [-0.4, -0.2) is 39.5 Å². The van der Waals surface area contributed by atoms with Crippen molar-refractivity contribution in [3.63, 3.8) is 0 Å². The molecule has 2 heterocycles. The van der Waals surface area contributed by atoms with Gasteiger partial charge in [0.2, 0.25) is 0 Å². The molecule has 9 heteroatoms. The number of anilines is 1. The quantitative estimate of drug-likeness (QED) is 0.312. The molecular formula is C25H24Cl2N2O4S. The number of thioether (sulfide) groups is 1. The fourth-order valence-corrected chi connectivity index (χ4v) is 8.84. The van der Waals surface area contributed by atoms with Gasteiger partial charge in [-0.05, 0) is 54.0 Å². The molecule has 3 N–H and O–H groups in total. The second-order valence-electron chi connectivity index (χ2n) is 9.65. The third kappa shape index (κ3) is 3.40. The van der Waals surface area contributed by atoms with E-state index in [-0.39, 0.29) is 34.1 Å². The summed E-state index contributed by atoms with van der Waals surface area (Å²) in [5.74, 6) is -0.580. The van der Waals surface area contributed by atoms with Gasteiger partial charge in [0.25, 0.3) is 0 Å². The molecule has 1 fully saturated rings. The molecule has 2 aromatic carbocycles. The monoisotopic (exact) mass is 518 g/mol. The van der Waals surface area contributed by atoms with Crippen LogP contribution < -0.4 is 10.1 Å². The number of fused-ring (bicyclic) bond motifs is 4. The topological polar surface area (TPSA) is 88.3 Å². The van der Waals surface area contributed by atoms with Crippen molar-refractivity contribution < 1.29 is 20.3 Å². The first-order chi connectivity index (χ1) is 16.3. The van der Waals surface area contributed by atoms with Crippen molar-refractivity contribution in [1.29, 1.82) is 0 Å². The van der Waals surface area contributed by atoms with Crippen LogP contribution in [0.25, 0.3) is 0 Å². The lowest BCUT2D eigenvalue weighted by Gasteiger charge is -2.49. The van der Waals surface area contributed by atoms with Gasteiger partial charge in [-0.15, -0.1) is 23.4 Å². The zero-order valence-electron chi connectivity index (χ0n) is 18.1. The Hall–Kier alpha value is -1.74. The number of quaternary nitrogens is 1. The largest absolute Gasteiger partial charge is 0.595 e. The average Bonchev–Trinajstić information content (AvgIpc) is 3.38. The van der Waals surface area contributed by atoms with Crippen molar-refractivity contribution in [3.8, 4) is 0 Å². The van der Waals surface area contributed by atoms with E-state index in [1.54, 1.807) is 18.2 Å². The summed E-state index contributed by atoms with van der Waals surface area (Å²) in [7, 11) is 0. The van der Waals surface area contributed by atoms with Crippen LogP contribution in [0.3, 0.4) is 0 Å². The Kier molecular flexibility index (Phi) is 5.63. The third-order valence-corrected chi connectivity index (χ3v) is 10.3. The number of allylic oxidation sites excluding steroid dienone is 2. The van der Waals surface area contributed by atoms with Crippen LogP contribution in [0, 0.1) is 17.0 Å². The molecule has 2 aromatic rings. The van der Waals surface area contributed by atoms with Crippen molar-refractivity contribution in [2.24, 2.45) is 11.8 Å². The van der Waals surface area contributed by atoms with Crippen LogP contribution in [0.5, 0.6) is 0 Å². The van der Waals surface area contributed by atoms with Crippen molar-refractivity contribution in [1.82, 2.24) is 0 Å². The van der Waals surface area contributed by atoms with Gasteiger partial charge < -0.3 is 15.2 Å². The summed E-state index contributed by atoms with van der Waals surface area (Å²) in [5.41, 5.74) is 3.38. The second-order valence-corrected chi connectivity index (χ2v) is 11.9. The average molecular weight is 519 g/mol. The molecule has 6 rings (SSSR count). The molecule has 0 amide bonds. The Bertz CT molecular complexity index is 1190. The number of carbonyl (C=O) groups is 1. The lowest BCUT2D eigenvalue weighted by molar-refractivity contribution is -0.992. The van der Waals surface area contributed by atoms with E-state index in [1.807, 2.05) is 18.2 Å². The molecular weight excluding hydrogens is 495 g/mol. The number of aliphatic carboxylic acids is 1. The summed E-state index contributed by atoms with van der Waals surface area (Å²) in [4.78, 5) is 15.4. The molecule has 0 bridgehead atoms. The number of nitrogens with zero attached hydrogens (tertiary/aromatic N) is 1. The summed E-state index contributed by atoms with van der Waals surface area (Å²) in [5, 5.41) is 31.0. The van der Waals surface area contributed by atoms with Crippen LogP contribution in [0.1, 0.15) is 35.8 Å². The molecule has 178 valence electrons. The molecule has 34 heavy (non-hydrogen) atoms. The van der Waals surface area contributed by atoms with E-state index in [9.17, 15) is 20.3 Å². The zero-order valence-corrected chi connectivity index (χ0v) is 20.4. The highest BCUT2D eigenvalue weighted by atomic mass is 35.5. The smallest absolute Gasteiger partial charge is 0.326 e. The number of nitrogens with one attached hydrogen (secondary N) is 1. The number of alkyl halides is 1. The van der Waals surface area contributed by atoms with E-state index in [2.05, 4.69) is 17.1 Å². The highest BCUT2D eigenvalue weighted by Crippen LogP contribution is 2.60. The fourth-order valence-electron chi connectivity index (χ4n) is 6.64. The van der Waals surface area contributed by atoms with Gasteiger partial charge in [0, 0.05) is 40.4 Å². The molecule has 0 saturated heterocycles. The predicted molar refractivity (Wildman–Crippen MR) is 133 cm³/mol. The molecule has 2 aliphatic carbocycles. The Morgan fingerprint density at radius 2 is 2.00 bits per heavy atom. The second kappa shape index (κ2) is 8.43. The van der Waals surface area contributed by atoms with E-state index < -0.39 is 17.2 Å². The Labute approximate surface area is 211 Å². The summed E-state index contributed by atoms with van der Waals surface area (Å²) < 4.78 is 0.